The van der Waals surface area contributed by atoms with Crippen molar-refractivity contribution in [2.24, 2.45) is 5.92 Å². The van der Waals surface area contributed by atoms with Crippen LogP contribution in [-0.2, 0) is 0 Å². The summed E-state index contributed by atoms with van der Waals surface area (Å²) in [6.45, 7) is 4.74. The van der Waals surface area contributed by atoms with Crippen molar-refractivity contribution in [3.05, 3.63) is 175 Å². The quantitative estimate of drug-likeness (QED) is 0.139. The van der Waals surface area contributed by atoms with Gasteiger partial charge in [0.1, 0.15) is 5.69 Å². The van der Waals surface area contributed by atoms with E-state index in [1.165, 1.54) is 77.4 Å². The molecule has 3 atom stereocenters. The zero-order valence-corrected chi connectivity index (χ0v) is 29.3. The number of allylic oxidation sites excluding steroid dienone is 3. The van der Waals surface area contributed by atoms with Crippen molar-refractivity contribution in [1.82, 2.24) is 0 Å². The second kappa shape index (κ2) is 13.2. The largest absolute Gasteiger partial charge is 0.310 e. The maximum Gasteiger partial charge on any atom is 0.166 e. The number of nitrogens with zero attached hydrogens (tertiary/aromatic N) is 1. The number of hydrogen-bond donors (Lipinski definition) is 1. The molecule has 0 bridgehead atoms. The molecule has 1 aliphatic heterocycles. The Morgan fingerprint density at radius 1 is 0.588 bits per heavy atom. The minimum atomic E-state index is 0.314. The first-order valence-electron chi connectivity index (χ1n) is 18.5. The smallest absolute Gasteiger partial charge is 0.166 e. The number of benzene rings is 7. The van der Waals surface area contributed by atoms with Gasteiger partial charge in [-0.15, -0.1) is 0 Å². The number of rotatable bonds is 6. The molecule has 2 nitrogen and oxygen atoms in total. The molecule has 0 fully saturated rings. The van der Waals surface area contributed by atoms with Gasteiger partial charge in [0, 0.05) is 12.5 Å². The van der Waals surface area contributed by atoms with Crippen molar-refractivity contribution in [3.8, 4) is 33.4 Å². The van der Waals surface area contributed by atoms with Gasteiger partial charge in [-0.05, 0) is 90.5 Å². The topological polar surface area (TPSA) is 19.9 Å². The first kappa shape index (κ1) is 31.3. The molecule has 2 N–H and O–H groups in total. The van der Waals surface area contributed by atoms with Crippen molar-refractivity contribution < 1.29 is 5.32 Å². The van der Waals surface area contributed by atoms with Gasteiger partial charge in [-0.1, -0.05) is 166 Å². The zero-order valence-electron chi connectivity index (χ0n) is 29.3. The summed E-state index contributed by atoms with van der Waals surface area (Å²) in [6.07, 6.45) is 9.96. The molecule has 9 rings (SSSR count). The fourth-order valence-corrected chi connectivity index (χ4v) is 8.65. The van der Waals surface area contributed by atoms with Gasteiger partial charge in [0.15, 0.2) is 11.9 Å². The third-order valence-corrected chi connectivity index (χ3v) is 11.2. The van der Waals surface area contributed by atoms with Gasteiger partial charge < -0.3 is 4.90 Å². The van der Waals surface area contributed by atoms with Gasteiger partial charge in [0.05, 0.1) is 6.04 Å². The van der Waals surface area contributed by atoms with Crippen molar-refractivity contribution in [2.75, 3.05) is 4.90 Å². The second-order valence-corrected chi connectivity index (χ2v) is 14.2. The SMILES string of the molecule is CCC1[NH2+]c2ccccc2N1C1C=CC(c2c3ccccc3c(-c3cc(-c4ccccc4)ccc3-c3ccccc3)c3ccccc23)=CCC1C. The lowest BCUT2D eigenvalue weighted by Crippen LogP contribution is -2.85. The summed E-state index contributed by atoms with van der Waals surface area (Å²) in [5.74, 6) is 0.471. The summed E-state index contributed by atoms with van der Waals surface area (Å²) in [5, 5.41) is 7.62. The Bertz CT molecular complexity index is 2380. The molecule has 0 aromatic heterocycles. The Balaban J connectivity index is 1.25. The fourth-order valence-electron chi connectivity index (χ4n) is 8.65. The van der Waals surface area contributed by atoms with E-state index >= 15 is 0 Å². The Morgan fingerprint density at radius 3 is 1.84 bits per heavy atom. The number of fused-ring (bicyclic) bond motifs is 3. The summed E-state index contributed by atoms with van der Waals surface area (Å²) in [5.41, 5.74) is 12.8. The van der Waals surface area contributed by atoms with E-state index in [1.807, 2.05) is 0 Å². The zero-order chi connectivity index (χ0) is 34.3. The van der Waals surface area contributed by atoms with Gasteiger partial charge in [-0.25, -0.2) is 0 Å². The van der Waals surface area contributed by atoms with Crippen LogP contribution in [0.1, 0.15) is 32.3 Å². The summed E-state index contributed by atoms with van der Waals surface area (Å²) in [4.78, 5) is 2.68. The Kier molecular flexibility index (Phi) is 8.10. The molecule has 2 heteroatoms. The second-order valence-electron chi connectivity index (χ2n) is 14.2. The van der Waals surface area contributed by atoms with Crippen LogP contribution in [-0.4, -0.2) is 12.2 Å². The van der Waals surface area contributed by atoms with Crippen molar-refractivity contribution in [3.63, 3.8) is 0 Å². The molecule has 0 radical (unpaired) electrons. The predicted molar refractivity (Wildman–Crippen MR) is 217 cm³/mol. The van der Waals surface area contributed by atoms with Crippen molar-refractivity contribution in [1.29, 1.82) is 0 Å². The Hall–Kier alpha value is -5.70. The highest BCUT2D eigenvalue weighted by atomic mass is 15.3. The van der Waals surface area contributed by atoms with Gasteiger partial charge in [0.25, 0.3) is 0 Å². The van der Waals surface area contributed by atoms with Crippen LogP contribution in [0.25, 0.3) is 60.5 Å². The van der Waals surface area contributed by atoms with Crippen LogP contribution in [0.4, 0.5) is 11.4 Å². The van der Waals surface area contributed by atoms with Crippen LogP contribution in [0.15, 0.2) is 170 Å². The minimum absolute atomic E-state index is 0.314. The highest BCUT2D eigenvalue weighted by Crippen LogP contribution is 2.47. The summed E-state index contributed by atoms with van der Waals surface area (Å²) >= 11 is 0. The summed E-state index contributed by atoms with van der Waals surface area (Å²) in [7, 11) is 0. The molecule has 248 valence electrons. The van der Waals surface area contributed by atoms with Crippen LogP contribution in [0, 0.1) is 5.92 Å². The molecule has 2 aliphatic rings. The molecular formula is C49H43N2+. The molecule has 0 saturated heterocycles. The Morgan fingerprint density at radius 2 is 1.18 bits per heavy atom. The molecule has 7 aromatic carbocycles. The number of nitrogens with two attached hydrogens (primary N) is 1. The predicted octanol–water partition coefficient (Wildman–Crippen LogP) is 11.8. The van der Waals surface area contributed by atoms with E-state index in [0.717, 1.165) is 12.8 Å². The maximum atomic E-state index is 2.68. The van der Waals surface area contributed by atoms with Crippen molar-refractivity contribution >= 4 is 38.5 Å². The van der Waals surface area contributed by atoms with E-state index in [1.54, 1.807) is 0 Å². The number of anilines is 1. The molecule has 0 amide bonds. The fraction of sp³-hybridized carbons (Fsp3) is 0.143. The van der Waals surface area contributed by atoms with Crippen molar-refractivity contribution in [2.45, 2.75) is 38.9 Å². The summed E-state index contributed by atoms with van der Waals surface area (Å²) in [6, 6.07) is 56.0. The van der Waals surface area contributed by atoms with E-state index in [4.69, 9.17) is 0 Å². The van der Waals surface area contributed by atoms with E-state index in [0.29, 0.717) is 18.1 Å². The van der Waals surface area contributed by atoms with Crippen LogP contribution >= 0.6 is 0 Å². The van der Waals surface area contributed by atoms with Crippen LogP contribution in [0.3, 0.4) is 0 Å². The molecule has 3 unspecified atom stereocenters. The molecule has 0 spiro atoms. The van der Waals surface area contributed by atoms with Gasteiger partial charge in [-0.3, -0.25) is 5.32 Å². The average Bonchev–Trinajstić information content (AvgIpc) is 3.46. The molecule has 51 heavy (non-hydrogen) atoms. The minimum Gasteiger partial charge on any atom is -0.310 e. The highest BCUT2D eigenvalue weighted by Gasteiger charge is 2.38. The summed E-state index contributed by atoms with van der Waals surface area (Å²) < 4.78 is 0. The average molecular weight is 660 g/mol. The van der Waals surface area contributed by atoms with E-state index < -0.39 is 0 Å². The van der Waals surface area contributed by atoms with Crippen LogP contribution < -0.4 is 10.2 Å². The monoisotopic (exact) mass is 659 g/mol. The van der Waals surface area contributed by atoms with Gasteiger partial charge >= 0.3 is 0 Å². The standard InChI is InChI=1S/C49H42N2/c1-3-47-50-44-24-14-15-25-46(44)51(47)45-31-29-36(27-26-33(45)2)48-39-20-10-12-22-41(39)49(42-23-13-11-21-40(42)48)43-32-37(34-16-6-4-7-17-34)28-30-38(43)35-18-8-5-9-19-35/h4-25,27-33,45,47,50H,3,26H2,1-2H3/p+1. The molecule has 7 aromatic rings. The third kappa shape index (κ3) is 5.48. The van der Waals surface area contributed by atoms with Crippen LogP contribution in [0.2, 0.25) is 0 Å². The van der Waals surface area contributed by atoms with Gasteiger partial charge in [0.2, 0.25) is 0 Å². The lowest BCUT2D eigenvalue weighted by molar-refractivity contribution is -0.601. The molecule has 1 aliphatic carbocycles. The lowest BCUT2D eigenvalue weighted by Gasteiger charge is -2.33. The third-order valence-electron chi connectivity index (χ3n) is 11.2. The Labute approximate surface area is 301 Å². The first-order chi connectivity index (χ1) is 25.2. The van der Waals surface area contributed by atoms with Gasteiger partial charge in [-0.2, -0.15) is 0 Å². The number of hydrogen-bond acceptors (Lipinski definition) is 1. The number of quaternary nitrogens is 1. The highest BCUT2D eigenvalue weighted by molar-refractivity contribution is 6.20. The molecule has 1 heterocycles. The lowest BCUT2D eigenvalue weighted by atomic mass is 9.82. The van der Waals surface area contributed by atoms with Crippen LogP contribution in [0.5, 0.6) is 0 Å². The molecule has 0 saturated carbocycles. The molecular weight excluding hydrogens is 617 g/mol. The van der Waals surface area contributed by atoms with E-state index in [2.05, 4.69) is 194 Å². The van der Waals surface area contributed by atoms with E-state index in [9.17, 15) is 0 Å². The normalized spacial score (nSPS) is 18.5. The maximum absolute atomic E-state index is 2.68. The number of para-hydroxylation sites is 2. The van der Waals surface area contributed by atoms with E-state index in [-0.39, 0.29) is 0 Å². The first-order valence-corrected chi connectivity index (χ1v) is 18.5.